The van der Waals surface area contributed by atoms with E-state index in [1.54, 1.807) is 24.3 Å². The van der Waals surface area contributed by atoms with Gasteiger partial charge in [-0.1, -0.05) is 0 Å². The number of benzene rings is 1. The fraction of sp³-hybridized carbons (Fsp3) is 0.571. The van der Waals surface area contributed by atoms with Crippen LogP contribution in [0.4, 0.5) is 5.69 Å². The van der Waals surface area contributed by atoms with E-state index in [-0.39, 0.29) is 18.2 Å². The number of hydrogen-bond donors (Lipinski definition) is 2. The van der Waals surface area contributed by atoms with Crippen LogP contribution in [-0.2, 0) is 14.8 Å². The summed E-state index contributed by atoms with van der Waals surface area (Å²) < 4.78 is 31.8. The van der Waals surface area contributed by atoms with Crippen LogP contribution < -0.4 is 10.1 Å². The lowest BCUT2D eigenvalue weighted by Gasteiger charge is -2.36. The molecular formula is C21H30N6O3S. The molecule has 10 heteroatoms. The zero-order valence-corrected chi connectivity index (χ0v) is 19.2. The number of likely N-dealkylation sites (tertiary alicyclic amines) is 1. The lowest BCUT2D eigenvalue weighted by atomic mass is 9.99. The molecule has 1 fully saturated rings. The van der Waals surface area contributed by atoms with Gasteiger partial charge in [0.25, 0.3) is 0 Å². The van der Waals surface area contributed by atoms with Crippen molar-refractivity contribution in [3.8, 4) is 0 Å². The first kappa shape index (κ1) is 21.9. The second-order valence-electron chi connectivity index (χ2n) is 8.60. The quantitative estimate of drug-likeness (QED) is 0.695. The molecule has 2 atom stereocenters. The summed E-state index contributed by atoms with van der Waals surface area (Å²) in [4.78, 5) is 12.0. The largest absolute Gasteiger partial charge is 0.352 e. The number of fused-ring (bicyclic) bond motifs is 1. The van der Waals surface area contributed by atoms with Crippen molar-refractivity contribution in [1.29, 1.82) is 0 Å². The summed E-state index contributed by atoms with van der Waals surface area (Å²) in [7, 11) is -3.32. The third kappa shape index (κ3) is 5.13. The van der Waals surface area contributed by atoms with Crippen molar-refractivity contribution in [1.82, 2.24) is 10.3 Å². The lowest BCUT2D eigenvalue weighted by Crippen LogP contribution is -2.45. The van der Waals surface area contributed by atoms with Crippen molar-refractivity contribution in [3.05, 3.63) is 29.8 Å². The first-order chi connectivity index (χ1) is 14.7. The molecule has 0 amide bonds. The number of rotatable bonds is 6. The monoisotopic (exact) mass is 446 g/mol. The number of nitrogens with one attached hydrogen (secondary N) is 2. The molecule has 0 aromatic heterocycles. The standard InChI is InChI=1S/C21H30N6O3S/c1-13(2)27-11-9-17(10-12-27)30-21-18-14(3)24-25-20(18)22-19(23-21)15-5-7-16(8-6-15)26-31(4,28)29/h5-8,13,17-18,21,26H,9-12H2,1-4H3,(H,22,23,25). The Morgan fingerprint density at radius 3 is 2.48 bits per heavy atom. The average Bonchev–Trinajstić information content (AvgIpc) is 3.09. The molecule has 4 rings (SSSR count). The van der Waals surface area contributed by atoms with Crippen LogP contribution >= 0.6 is 0 Å². The van der Waals surface area contributed by atoms with E-state index >= 15 is 0 Å². The van der Waals surface area contributed by atoms with Gasteiger partial charge < -0.3 is 9.64 Å². The van der Waals surface area contributed by atoms with Crippen molar-refractivity contribution in [2.45, 2.75) is 52.0 Å². The van der Waals surface area contributed by atoms with Crippen LogP contribution in [0.15, 0.2) is 39.4 Å². The molecule has 0 spiro atoms. The molecule has 3 aliphatic rings. The molecule has 0 radical (unpaired) electrons. The van der Waals surface area contributed by atoms with Crippen molar-refractivity contribution < 1.29 is 13.2 Å². The molecule has 31 heavy (non-hydrogen) atoms. The van der Waals surface area contributed by atoms with Crippen molar-refractivity contribution >= 4 is 33.1 Å². The Hall–Kier alpha value is -2.30. The number of piperidine rings is 1. The predicted octanol–water partition coefficient (Wildman–Crippen LogP) is 2.03. The van der Waals surface area contributed by atoms with Crippen molar-refractivity contribution in [2.75, 3.05) is 24.1 Å². The van der Waals surface area contributed by atoms with E-state index in [0.29, 0.717) is 17.6 Å². The smallest absolute Gasteiger partial charge is 0.229 e. The third-order valence-electron chi connectivity index (χ3n) is 5.84. The first-order valence-electron chi connectivity index (χ1n) is 10.6. The molecule has 0 saturated carbocycles. The van der Waals surface area contributed by atoms with Crippen LogP contribution in [0, 0.1) is 5.92 Å². The highest BCUT2D eigenvalue weighted by atomic mass is 32.2. The average molecular weight is 447 g/mol. The topological polar surface area (TPSA) is 108 Å². The van der Waals surface area contributed by atoms with Gasteiger partial charge in [0.15, 0.2) is 12.1 Å². The summed E-state index contributed by atoms with van der Waals surface area (Å²) in [6.45, 7) is 8.46. The minimum Gasteiger partial charge on any atom is -0.352 e. The van der Waals surface area contributed by atoms with Gasteiger partial charge in [0, 0.05) is 30.4 Å². The molecule has 1 aromatic carbocycles. The zero-order chi connectivity index (χ0) is 22.2. The Balaban J connectivity index is 1.52. The Morgan fingerprint density at radius 2 is 1.87 bits per heavy atom. The summed E-state index contributed by atoms with van der Waals surface area (Å²) in [5, 5.41) is 4.34. The molecule has 9 nitrogen and oxygen atoms in total. The van der Waals surface area contributed by atoms with Crippen LogP contribution in [0.3, 0.4) is 0 Å². The van der Waals surface area contributed by atoms with E-state index < -0.39 is 10.0 Å². The number of amidine groups is 2. The number of hydrogen-bond acceptors (Lipinski definition) is 8. The Morgan fingerprint density at radius 1 is 1.19 bits per heavy atom. The second kappa shape index (κ2) is 8.68. The van der Waals surface area contributed by atoms with Crippen LogP contribution in [0.5, 0.6) is 0 Å². The number of sulfonamides is 1. The number of hydrazone groups is 1. The summed E-state index contributed by atoms with van der Waals surface area (Å²) in [5.41, 5.74) is 5.22. The summed E-state index contributed by atoms with van der Waals surface area (Å²) >= 11 is 0. The van der Waals surface area contributed by atoms with E-state index in [0.717, 1.165) is 49.3 Å². The highest BCUT2D eigenvalue weighted by Gasteiger charge is 2.39. The summed E-state index contributed by atoms with van der Waals surface area (Å²) in [6, 6.07) is 7.56. The van der Waals surface area contributed by atoms with E-state index in [2.05, 4.69) is 39.0 Å². The predicted molar refractivity (Wildman–Crippen MR) is 123 cm³/mol. The molecule has 2 unspecified atom stereocenters. The van der Waals surface area contributed by atoms with Crippen LogP contribution in [0.1, 0.15) is 39.2 Å². The maximum atomic E-state index is 11.4. The van der Waals surface area contributed by atoms with E-state index in [4.69, 9.17) is 9.73 Å². The fourth-order valence-corrected chi connectivity index (χ4v) is 4.70. The maximum absolute atomic E-state index is 11.4. The summed E-state index contributed by atoms with van der Waals surface area (Å²) in [6.07, 6.45) is 2.85. The van der Waals surface area contributed by atoms with Gasteiger partial charge in [-0.2, -0.15) is 5.10 Å². The molecule has 0 bridgehead atoms. The van der Waals surface area contributed by atoms with Gasteiger partial charge >= 0.3 is 0 Å². The zero-order valence-electron chi connectivity index (χ0n) is 18.4. The maximum Gasteiger partial charge on any atom is 0.229 e. The minimum atomic E-state index is -3.32. The number of ether oxygens (including phenoxy) is 1. The van der Waals surface area contributed by atoms with E-state index in [1.165, 1.54) is 0 Å². The molecule has 3 aliphatic heterocycles. The van der Waals surface area contributed by atoms with Gasteiger partial charge in [0.05, 0.1) is 18.1 Å². The van der Waals surface area contributed by atoms with Gasteiger partial charge in [0.2, 0.25) is 10.0 Å². The highest BCUT2D eigenvalue weighted by Crippen LogP contribution is 2.27. The van der Waals surface area contributed by atoms with Gasteiger partial charge in [-0.25, -0.2) is 18.4 Å². The number of aliphatic imine (C=N–C) groups is 2. The fourth-order valence-electron chi connectivity index (χ4n) is 4.13. The van der Waals surface area contributed by atoms with Gasteiger partial charge in [0.1, 0.15) is 11.8 Å². The Labute approximate surface area is 183 Å². The van der Waals surface area contributed by atoms with E-state index in [9.17, 15) is 8.42 Å². The van der Waals surface area contributed by atoms with Gasteiger partial charge in [-0.3, -0.25) is 10.1 Å². The molecule has 168 valence electrons. The van der Waals surface area contributed by atoms with Gasteiger partial charge in [-0.05, 0) is 57.9 Å². The third-order valence-corrected chi connectivity index (χ3v) is 6.44. The number of anilines is 1. The van der Waals surface area contributed by atoms with Crippen molar-refractivity contribution in [3.63, 3.8) is 0 Å². The normalized spacial score (nSPS) is 24.9. The molecule has 3 heterocycles. The molecule has 1 saturated heterocycles. The van der Waals surface area contributed by atoms with E-state index in [1.807, 2.05) is 6.92 Å². The molecular weight excluding hydrogens is 416 g/mol. The number of nitrogens with zero attached hydrogens (tertiary/aromatic N) is 4. The Kier molecular flexibility index (Phi) is 6.14. The van der Waals surface area contributed by atoms with Crippen LogP contribution in [0.2, 0.25) is 0 Å². The van der Waals surface area contributed by atoms with Crippen LogP contribution in [-0.4, -0.2) is 68.4 Å². The molecule has 1 aromatic rings. The molecule has 2 N–H and O–H groups in total. The molecule has 0 aliphatic carbocycles. The lowest BCUT2D eigenvalue weighted by molar-refractivity contribution is -0.0472. The first-order valence-corrected chi connectivity index (χ1v) is 12.5. The second-order valence-corrected chi connectivity index (χ2v) is 10.3. The van der Waals surface area contributed by atoms with Crippen molar-refractivity contribution in [2.24, 2.45) is 21.0 Å². The SMILES string of the molecule is CC1=NNC2=NC(c3ccc(NS(C)(=O)=O)cc3)=NC(OC3CCN(C(C)C)CC3)C12. The van der Waals surface area contributed by atoms with Crippen LogP contribution in [0.25, 0.3) is 0 Å². The Bertz CT molecular complexity index is 1010. The minimum absolute atomic E-state index is 0.0990. The highest BCUT2D eigenvalue weighted by molar-refractivity contribution is 7.92. The van der Waals surface area contributed by atoms with Gasteiger partial charge in [-0.15, -0.1) is 0 Å². The summed E-state index contributed by atoms with van der Waals surface area (Å²) in [5.74, 6) is 1.20.